The van der Waals surface area contributed by atoms with Crippen LogP contribution in [0.3, 0.4) is 0 Å². The van der Waals surface area contributed by atoms with E-state index in [2.05, 4.69) is 15.9 Å². The van der Waals surface area contributed by atoms with Crippen LogP contribution in [0, 0.1) is 17.5 Å². The van der Waals surface area contributed by atoms with Crippen LogP contribution in [0.2, 0.25) is 0 Å². The Bertz CT molecular complexity index is 675. The fourth-order valence-corrected chi connectivity index (χ4v) is 2.04. The van der Waals surface area contributed by atoms with Crippen molar-refractivity contribution >= 4 is 27.5 Å². The molecule has 104 valence electrons. The van der Waals surface area contributed by atoms with Crippen molar-refractivity contribution in [3.05, 3.63) is 63.9 Å². The molecule has 0 heterocycles. The molecule has 0 aliphatic carbocycles. The van der Waals surface area contributed by atoms with E-state index in [1.165, 1.54) is 19.2 Å². The molecular weight excluding hydrogens is 335 g/mol. The quantitative estimate of drug-likeness (QED) is 0.802. The number of hydrogen-bond donors (Lipinski definition) is 0. The van der Waals surface area contributed by atoms with Crippen molar-refractivity contribution in [2.75, 3.05) is 11.9 Å². The average Bonchev–Trinajstić information content (AvgIpc) is 2.37. The van der Waals surface area contributed by atoms with E-state index >= 15 is 0 Å². The van der Waals surface area contributed by atoms with Gasteiger partial charge < -0.3 is 4.90 Å². The highest BCUT2D eigenvalue weighted by molar-refractivity contribution is 9.10. The van der Waals surface area contributed by atoms with Gasteiger partial charge in [0.25, 0.3) is 5.91 Å². The zero-order chi connectivity index (χ0) is 14.9. The summed E-state index contributed by atoms with van der Waals surface area (Å²) in [4.78, 5) is 13.1. The van der Waals surface area contributed by atoms with Crippen LogP contribution in [0.4, 0.5) is 18.9 Å². The summed E-state index contributed by atoms with van der Waals surface area (Å²) in [5, 5.41) is 0. The number of halogens is 4. The van der Waals surface area contributed by atoms with E-state index in [0.29, 0.717) is 10.5 Å². The Kier molecular flexibility index (Phi) is 4.13. The molecule has 2 nitrogen and oxygen atoms in total. The number of amides is 1. The summed E-state index contributed by atoms with van der Waals surface area (Å²) < 4.78 is 40.6. The number of hydrogen-bond acceptors (Lipinski definition) is 1. The number of rotatable bonds is 2. The standard InChI is InChI=1S/C14H9BrF3NO/c1-19(13-5-3-9(16)7-12(13)18)14(20)10-4-2-8(15)6-11(10)17/h2-7H,1H3. The SMILES string of the molecule is CN(C(=O)c1ccc(Br)cc1F)c1ccc(F)cc1F. The third kappa shape index (κ3) is 2.85. The van der Waals surface area contributed by atoms with Gasteiger partial charge in [-0.15, -0.1) is 0 Å². The van der Waals surface area contributed by atoms with Crippen molar-refractivity contribution in [3.8, 4) is 0 Å². The van der Waals surface area contributed by atoms with Gasteiger partial charge in [-0.2, -0.15) is 0 Å². The number of carbonyl (C=O) groups excluding carboxylic acids is 1. The van der Waals surface area contributed by atoms with Crippen LogP contribution >= 0.6 is 15.9 Å². The molecule has 0 aliphatic heterocycles. The van der Waals surface area contributed by atoms with Gasteiger partial charge in [0, 0.05) is 17.6 Å². The molecule has 2 aromatic rings. The molecule has 2 rings (SSSR count). The fraction of sp³-hybridized carbons (Fsp3) is 0.0714. The zero-order valence-corrected chi connectivity index (χ0v) is 11.9. The van der Waals surface area contributed by atoms with Gasteiger partial charge in [0.2, 0.25) is 0 Å². The van der Waals surface area contributed by atoms with Crippen LogP contribution in [0.25, 0.3) is 0 Å². The first-order valence-corrected chi connectivity index (χ1v) is 6.37. The maximum atomic E-state index is 13.7. The van der Waals surface area contributed by atoms with Crippen LogP contribution < -0.4 is 4.90 Å². The number of nitrogens with zero attached hydrogens (tertiary/aromatic N) is 1. The van der Waals surface area contributed by atoms with Crippen LogP contribution in [0.1, 0.15) is 10.4 Å². The summed E-state index contributed by atoms with van der Waals surface area (Å²) in [6.07, 6.45) is 0. The first kappa shape index (κ1) is 14.6. The van der Waals surface area contributed by atoms with E-state index in [9.17, 15) is 18.0 Å². The minimum atomic E-state index is -0.890. The van der Waals surface area contributed by atoms with E-state index in [1.54, 1.807) is 0 Å². The largest absolute Gasteiger partial charge is 0.309 e. The molecule has 0 saturated carbocycles. The Labute approximate surface area is 122 Å². The summed E-state index contributed by atoms with van der Waals surface area (Å²) in [7, 11) is 1.29. The fourth-order valence-electron chi connectivity index (χ4n) is 1.71. The van der Waals surface area contributed by atoms with Crippen molar-refractivity contribution in [2.45, 2.75) is 0 Å². The number of benzene rings is 2. The Balaban J connectivity index is 2.37. The van der Waals surface area contributed by atoms with E-state index < -0.39 is 23.4 Å². The Morgan fingerprint density at radius 2 is 1.75 bits per heavy atom. The lowest BCUT2D eigenvalue weighted by atomic mass is 10.1. The molecule has 0 unspecified atom stereocenters. The Morgan fingerprint density at radius 1 is 1.05 bits per heavy atom. The molecule has 0 atom stereocenters. The van der Waals surface area contributed by atoms with Crippen LogP contribution in [-0.4, -0.2) is 13.0 Å². The minimum Gasteiger partial charge on any atom is -0.309 e. The van der Waals surface area contributed by atoms with Gasteiger partial charge in [0.1, 0.15) is 17.5 Å². The number of anilines is 1. The molecule has 0 bridgehead atoms. The lowest BCUT2D eigenvalue weighted by molar-refractivity contribution is 0.0988. The van der Waals surface area contributed by atoms with E-state index in [-0.39, 0.29) is 11.3 Å². The topological polar surface area (TPSA) is 20.3 Å². The third-order valence-corrected chi connectivity index (χ3v) is 3.23. The third-order valence-electron chi connectivity index (χ3n) is 2.74. The molecule has 0 fully saturated rings. The predicted molar refractivity (Wildman–Crippen MR) is 73.2 cm³/mol. The van der Waals surface area contributed by atoms with Gasteiger partial charge in [-0.25, -0.2) is 13.2 Å². The average molecular weight is 344 g/mol. The lowest BCUT2D eigenvalue weighted by Crippen LogP contribution is -2.28. The first-order chi connectivity index (χ1) is 9.40. The van der Waals surface area contributed by atoms with E-state index in [0.717, 1.165) is 23.1 Å². The predicted octanol–water partition coefficient (Wildman–Crippen LogP) is 4.14. The Hall–Kier alpha value is -1.82. The molecule has 0 aliphatic rings. The highest BCUT2D eigenvalue weighted by Crippen LogP contribution is 2.22. The van der Waals surface area contributed by atoms with E-state index in [1.807, 2.05) is 0 Å². The summed E-state index contributed by atoms with van der Waals surface area (Å²) in [5.41, 5.74) is -0.321. The van der Waals surface area contributed by atoms with Crippen LogP contribution in [0.5, 0.6) is 0 Å². The second-order valence-corrected chi connectivity index (χ2v) is 5.00. The van der Waals surface area contributed by atoms with Crippen LogP contribution in [-0.2, 0) is 0 Å². The second kappa shape index (κ2) is 5.66. The molecule has 1 amide bonds. The molecule has 0 spiro atoms. The van der Waals surface area contributed by atoms with Gasteiger partial charge in [-0.05, 0) is 30.3 Å². The normalized spacial score (nSPS) is 10.4. The van der Waals surface area contributed by atoms with Gasteiger partial charge in [-0.3, -0.25) is 4.79 Å². The Morgan fingerprint density at radius 3 is 2.35 bits per heavy atom. The summed E-state index contributed by atoms with van der Waals surface area (Å²) in [6, 6.07) is 6.75. The van der Waals surface area contributed by atoms with Crippen molar-refractivity contribution < 1.29 is 18.0 Å². The smallest absolute Gasteiger partial charge is 0.261 e. The molecule has 0 saturated heterocycles. The van der Waals surface area contributed by atoms with Crippen molar-refractivity contribution in [1.82, 2.24) is 0 Å². The summed E-state index contributed by atoms with van der Waals surface area (Å²) in [5.74, 6) is -3.08. The molecule has 6 heteroatoms. The zero-order valence-electron chi connectivity index (χ0n) is 10.3. The highest BCUT2D eigenvalue weighted by Gasteiger charge is 2.20. The van der Waals surface area contributed by atoms with Gasteiger partial charge in [-0.1, -0.05) is 15.9 Å². The number of carbonyl (C=O) groups is 1. The monoisotopic (exact) mass is 343 g/mol. The maximum absolute atomic E-state index is 13.7. The van der Waals surface area contributed by atoms with Crippen LogP contribution in [0.15, 0.2) is 40.9 Å². The first-order valence-electron chi connectivity index (χ1n) is 5.58. The molecule has 2 aromatic carbocycles. The second-order valence-electron chi connectivity index (χ2n) is 4.08. The molecular formula is C14H9BrF3NO. The van der Waals surface area contributed by atoms with E-state index in [4.69, 9.17) is 0 Å². The van der Waals surface area contributed by atoms with Crippen molar-refractivity contribution in [3.63, 3.8) is 0 Å². The molecule has 0 aromatic heterocycles. The van der Waals surface area contributed by atoms with Gasteiger partial charge >= 0.3 is 0 Å². The summed E-state index contributed by atoms with van der Waals surface area (Å²) in [6.45, 7) is 0. The van der Waals surface area contributed by atoms with Gasteiger partial charge in [0.05, 0.1) is 11.3 Å². The molecule has 0 N–H and O–H groups in total. The molecule has 0 radical (unpaired) electrons. The summed E-state index contributed by atoms with van der Waals surface area (Å²) >= 11 is 3.08. The van der Waals surface area contributed by atoms with Crippen molar-refractivity contribution in [1.29, 1.82) is 0 Å². The molecule has 20 heavy (non-hydrogen) atoms. The highest BCUT2D eigenvalue weighted by atomic mass is 79.9. The lowest BCUT2D eigenvalue weighted by Gasteiger charge is -2.18. The van der Waals surface area contributed by atoms with Crippen molar-refractivity contribution in [2.24, 2.45) is 0 Å². The van der Waals surface area contributed by atoms with Gasteiger partial charge in [0.15, 0.2) is 0 Å². The maximum Gasteiger partial charge on any atom is 0.261 e. The minimum absolute atomic E-state index is 0.126.